The zero-order valence-corrected chi connectivity index (χ0v) is 5.73. The molecule has 1 heterocycles. The van der Waals surface area contributed by atoms with Crippen LogP contribution in [0.25, 0.3) is 0 Å². The SMILES string of the molecule is Ic1ncns1. The van der Waals surface area contributed by atoms with Crippen LogP contribution in [0.15, 0.2) is 6.33 Å². The molecule has 1 rings (SSSR count). The van der Waals surface area contributed by atoms with E-state index >= 15 is 0 Å². The normalized spacial score (nSPS) is 8.83. The van der Waals surface area contributed by atoms with E-state index in [4.69, 9.17) is 0 Å². The van der Waals surface area contributed by atoms with E-state index in [1.165, 1.54) is 11.5 Å². The molecule has 0 saturated carbocycles. The highest BCUT2D eigenvalue weighted by atomic mass is 127. The summed E-state index contributed by atoms with van der Waals surface area (Å²) >= 11 is 3.52. The van der Waals surface area contributed by atoms with E-state index in [9.17, 15) is 0 Å². The lowest BCUT2D eigenvalue weighted by molar-refractivity contribution is 1.30. The van der Waals surface area contributed by atoms with Gasteiger partial charge in [0.25, 0.3) is 0 Å². The molecule has 0 unspecified atom stereocenters. The molecule has 0 spiro atoms. The van der Waals surface area contributed by atoms with Crippen LogP contribution in [0.1, 0.15) is 0 Å². The second-order valence-electron chi connectivity index (χ2n) is 0.694. The summed E-state index contributed by atoms with van der Waals surface area (Å²) in [6.07, 6.45) is 1.55. The van der Waals surface area contributed by atoms with Crippen LogP contribution in [0.2, 0.25) is 0 Å². The van der Waals surface area contributed by atoms with Crippen molar-refractivity contribution >= 4 is 34.1 Å². The third-order valence-electron chi connectivity index (χ3n) is 0.334. The van der Waals surface area contributed by atoms with Gasteiger partial charge in [-0.1, -0.05) is 0 Å². The first kappa shape index (κ1) is 4.45. The van der Waals surface area contributed by atoms with Crippen LogP contribution >= 0.6 is 34.1 Å². The van der Waals surface area contributed by atoms with Crippen molar-refractivity contribution in [2.75, 3.05) is 0 Å². The number of hydrogen-bond donors (Lipinski definition) is 0. The van der Waals surface area contributed by atoms with Gasteiger partial charge in [0.2, 0.25) is 0 Å². The minimum atomic E-state index is 0.993. The summed E-state index contributed by atoms with van der Waals surface area (Å²) in [6, 6.07) is 0. The summed E-state index contributed by atoms with van der Waals surface area (Å²) in [5, 5.41) is 0. The fourth-order valence-electron chi connectivity index (χ4n) is 0.160. The third-order valence-corrected chi connectivity index (χ3v) is 1.66. The smallest absolute Gasteiger partial charge is 0.173 e. The van der Waals surface area contributed by atoms with Gasteiger partial charge in [-0.15, -0.1) is 0 Å². The molecule has 0 radical (unpaired) electrons. The monoisotopic (exact) mass is 212 g/mol. The zero-order valence-electron chi connectivity index (χ0n) is 2.76. The van der Waals surface area contributed by atoms with Crippen LogP contribution in [-0.4, -0.2) is 9.36 Å². The summed E-state index contributed by atoms with van der Waals surface area (Å²) in [4.78, 5) is 3.81. The highest BCUT2D eigenvalue weighted by Gasteiger charge is 1.80. The lowest BCUT2D eigenvalue weighted by Crippen LogP contribution is -1.54. The quantitative estimate of drug-likeness (QED) is 0.602. The van der Waals surface area contributed by atoms with Crippen LogP contribution in [-0.2, 0) is 0 Å². The molecule has 0 atom stereocenters. The summed E-state index contributed by atoms with van der Waals surface area (Å²) in [5.74, 6) is 0. The van der Waals surface area contributed by atoms with Gasteiger partial charge in [0.15, 0.2) is 3.01 Å². The fraction of sp³-hybridized carbons (Fsp3) is 0. The van der Waals surface area contributed by atoms with Crippen LogP contribution in [0.5, 0.6) is 0 Å². The Balaban J connectivity index is 3.05. The Morgan fingerprint density at radius 3 is 2.83 bits per heavy atom. The van der Waals surface area contributed by atoms with Crippen LogP contribution < -0.4 is 0 Å². The first-order chi connectivity index (χ1) is 2.89. The van der Waals surface area contributed by atoms with Crippen LogP contribution in [0.3, 0.4) is 0 Å². The fourth-order valence-corrected chi connectivity index (χ4v) is 0.901. The largest absolute Gasteiger partial charge is 0.217 e. The van der Waals surface area contributed by atoms with Crippen molar-refractivity contribution in [1.82, 2.24) is 9.36 Å². The topological polar surface area (TPSA) is 25.8 Å². The van der Waals surface area contributed by atoms with E-state index in [-0.39, 0.29) is 0 Å². The summed E-state index contributed by atoms with van der Waals surface area (Å²) < 4.78 is 4.74. The van der Waals surface area contributed by atoms with Crippen LogP contribution in [0.4, 0.5) is 0 Å². The molecule has 0 fully saturated rings. The van der Waals surface area contributed by atoms with Gasteiger partial charge in [-0.2, -0.15) is 4.37 Å². The van der Waals surface area contributed by atoms with E-state index < -0.39 is 0 Å². The summed E-state index contributed by atoms with van der Waals surface area (Å²) in [7, 11) is 0. The zero-order chi connectivity index (χ0) is 4.41. The molecule has 2 nitrogen and oxygen atoms in total. The van der Waals surface area contributed by atoms with E-state index in [2.05, 4.69) is 31.9 Å². The predicted molar refractivity (Wildman–Crippen MR) is 32.6 cm³/mol. The number of hydrogen-bond acceptors (Lipinski definition) is 3. The standard InChI is InChI=1S/C2HIN2S/c3-2-4-1-5-6-2/h1H. The van der Waals surface area contributed by atoms with E-state index in [1.54, 1.807) is 6.33 Å². The Labute approximate surface area is 52.9 Å². The average Bonchev–Trinajstić information content (AvgIpc) is 1.86. The number of aromatic nitrogens is 2. The molecule has 32 valence electrons. The van der Waals surface area contributed by atoms with Gasteiger partial charge in [0, 0.05) is 0 Å². The molecule has 1 aromatic rings. The molecule has 0 aliphatic rings. The van der Waals surface area contributed by atoms with Crippen LogP contribution in [0, 0.1) is 3.01 Å². The first-order valence-electron chi connectivity index (χ1n) is 1.32. The minimum Gasteiger partial charge on any atom is -0.217 e. The highest BCUT2D eigenvalue weighted by molar-refractivity contribution is 14.1. The highest BCUT2D eigenvalue weighted by Crippen LogP contribution is 2.00. The first-order valence-corrected chi connectivity index (χ1v) is 3.17. The molecule has 0 amide bonds. The molecule has 0 saturated heterocycles. The van der Waals surface area contributed by atoms with Crippen molar-refractivity contribution in [2.45, 2.75) is 0 Å². The van der Waals surface area contributed by atoms with Crippen molar-refractivity contribution < 1.29 is 0 Å². The van der Waals surface area contributed by atoms with Crippen molar-refractivity contribution in [2.24, 2.45) is 0 Å². The molecule has 4 heteroatoms. The third kappa shape index (κ3) is 0.874. The van der Waals surface area contributed by atoms with Gasteiger partial charge in [-0.25, -0.2) is 4.98 Å². The lowest BCUT2D eigenvalue weighted by Gasteiger charge is -1.58. The maximum atomic E-state index is 3.81. The number of nitrogens with zero attached hydrogens (tertiary/aromatic N) is 2. The Morgan fingerprint density at radius 1 is 1.83 bits per heavy atom. The maximum absolute atomic E-state index is 3.81. The Hall–Kier alpha value is 0.290. The molecule has 0 aliphatic heterocycles. The maximum Gasteiger partial charge on any atom is 0.173 e. The molecule has 0 aliphatic carbocycles. The second-order valence-corrected chi connectivity index (χ2v) is 3.23. The molecule has 6 heavy (non-hydrogen) atoms. The van der Waals surface area contributed by atoms with E-state index in [0.29, 0.717) is 0 Å². The van der Waals surface area contributed by atoms with Crippen molar-refractivity contribution in [3.63, 3.8) is 0 Å². The lowest BCUT2D eigenvalue weighted by atomic mass is 11.3. The van der Waals surface area contributed by atoms with Gasteiger partial charge in [0.05, 0.1) is 0 Å². The average molecular weight is 212 g/mol. The molecule has 1 aromatic heterocycles. The predicted octanol–water partition coefficient (Wildman–Crippen LogP) is 1.14. The van der Waals surface area contributed by atoms with Crippen molar-refractivity contribution in [3.8, 4) is 0 Å². The van der Waals surface area contributed by atoms with Gasteiger partial charge >= 0.3 is 0 Å². The van der Waals surface area contributed by atoms with Gasteiger partial charge < -0.3 is 0 Å². The van der Waals surface area contributed by atoms with E-state index in [0.717, 1.165) is 3.01 Å². The number of halogens is 1. The minimum absolute atomic E-state index is 0.993. The van der Waals surface area contributed by atoms with Gasteiger partial charge in [0.1, 0.15) is 6.33 Å². The van der Waals surface area contributed by atoms with Gasteiger partial charge in [-0.05, 0) is 34.1 Å². The molecule has 0 aromatic carbocycles. The molecule has 0 N–H and O–H groups in total. The number of rotatable bonds is 0. The van der Waals surface area contributed by atoms with E-state index in [1.807, 2.05) is 0 Å². The van der Waals surface area contributed by atoms with Crippen molar-refractivity contribution in [3.05, 3.63) is 9.34 Å². The molecule has 0 bridgehead atoms. The molecular formula is C2HIN2S. The van der Waals surface area contributed by atoms with Gasteiger partial charge in [-0.3, -0.25) is 0 Å². The summed E-state index contributed by atoms with van der Waals surface area (Å²) in [5.41, 5.74) is 0. The van der Waals surface area contributed by atoms with Crippen molar-refractivity contribution in [1.29, 1.82) is 0 Å². The summed E-state index contributed by atoms with van der Waals surface area (Å²) in [6.45, 7) is 0. The Bertz CT molecular complexity index is 115. The Morgan fingerprint density at radius 2 is 2.67 bits per heavy atom. The Kier molecular flexibility index (Phi) is 1.36. The molecular weight excluding hydrogens is 211 g/mol. The second kappa shape index (κ2) is 1.83.